The molecule has 0 bridgehead atoms. The fourth-order valence-electron chi connectivity index (χ4n) is 3.40. The maximum atomic E-state index is 6.12. The van der Waals surface area contributed by atoms with Crippen LogP contribution in [0.2, 0.25) is 0 Å². The molecule has 3 nitrogen and oxygen atoms in total. The molecule has 0 unspecified atom stereocenters. The first kappa shape index (κ1) is 21.6. The molecule has 0 aliphatic heterocycles. The zero-order chi connectivity index (χ0) is 22.4. The number of hydrogen-bond donors (Lipinski definition) is 0. The third kappa shape index (κ3) is 5.55. The second kappa shape index (κ2) is 9.69. The van der Waals surface area contributed by atoms with Gasteiger partial charge in [0.1, 0.15) is 13.2 Å². The van der Waals surface area contributed by atoms with E-state index in [1.54, 1.807) is 0 Å². The lowest BCUT2D eigenvalue weighted by molar-refractivity contribution is 0.247. The number of nitrogens with zero attached hydrogens (tertiary/aromatic N) is 1. The topological polar surface area (TPSA) is 31.4 Å². The highest BCUT2D eigenvalue weighted by Gasteiger charge is 2.15. The van der Waals surface area contributed by atoms with Crippen molar-refractivity contribution in [1.29, 1.82) is 0 Å². The zero-order valence-electron chi connectivity index (χ0n) is 18.9. The molecule has 0 amide bonds. The molecule has 3 heteroatoms. The summed E-state index contributed by atoms with van der Waals surface area (Å²) < 4.78 is 12.2. The van der Waals surface area contributed by atoms with E-state index in [9.17, 15) is 0 Å². The Bertz CT molecular complexity index is 1130. The van der Waals surface area contributed by atoms with Crippen LogP contribution in [0, 0.1) is 0 Å². The van der Waals surface area contributed by atoms with E-state index in [4.69, 9.17) is 14.5 Å². The average molecular weight is 424 g/mol. The maximum Gasteiger partial charge on any atom is 0.257 e. The Morgan fingerprint density at radius 3 is 1.75 bits per heavy atom. The first-order valence-corrected chi connectivity index (χ1v) is 10.9. The Labute approximate surface area is 190 Å². The van der Waals surface area contributed by atoms with Crippen molar-refractivity contribution in [3.63, 3.8) is 0 Å². The van der Waals surface area contributed by atoms with Crippen molar-refractivity contribution in [3.05, 3.63) is 114 Å². The summed E-state index contributed by atoms with van der Waals surface area (Å²) in [7, 11) is 0. The average Bonchev–Trinajstić information content (AvgIpc) is 2.82. The summed E-state index contributed by atoms with van der Waals surface area (Å²) in [6, 6.07) is 32.7. The van der Waals surface area contributed by atoms with E-state index < -0.39 is 0 Å². The van der Waals surface area contributed by atoms with E-state index in [-0.39, 0.29) is 5.41 Å². The predicted octanol–water partition coefficient (Wildman–Crippen LogP) is 7.20. The molecule has 162 valence electrons. The molecule has 4 rings (SSSR count). The van der Waals surface area contributed by atoms with Gasteiger partial charge in [-0.15, -0.1) is 0 Å². The molecule has 0 spiro atoms. The molecule has 32 heavy (non-hydrogen) atoms. The molecule has 0 saturated carbocycles. The van der Waals surface area contributed by atoms with Gasteiger partial charge in [-0.25, -0.2) is 4.98 Å². The van der Waals surface area contributed by atoms with E-state index in [1.165, 1.54) is 5.56 Å². The summed E-state index contributed by atoms with van der Waals surface area (Å²) >= 11 is 0. The van der Waals surface area contributed by atoms with Gasteiger partial charge in [-0.1, -0.05) is 106 Å². The molecule has 0 atom stereocenters. The number of aromatic nitrogens is 1. The normalized spacial score (nSPS) is 11.2. The number of pyridine rings is 1. The van der Waals surface area contributed by atoms with Crippen LogP contribution in [0.4, 0.5) is 0 Å². The van der Waals surface area contributed by atoms with Crippen LogP contribution in [0.15, 0.2) is 97.1 Å². The lowest BCUT2D eigenvalue weighted by atomic mass is 9.86. The standard InChI is InChI=1S/C29H29NO2/c1-29(2,3)25-16-14-24(15-17-25)26-18-19-27(31-20-22-10-6-4-7-11-22)28(30-26)32-21-23-12-8-5-9-13-23/h4-19H,20-21H2,1-3H3. The molecule has 0 aliphatic rings. The van der Waals surface area contributed by atoms with Gasteiger partial charge >= 0.3 is 0 Å². The van der Waals surface area contributed by atoms with Gasteiger partial charge in [0.15, 0.2) is 5.75 Å². The Hall–Kier alpha value is -3.59. The quantitative estimate of drug-likeness (QED) is 0.315. The minimum atomic E-state index is 0.116. The molecule has 0 fully saturated rings. The predicted molar refractivity (Wildman–Crippen MR) is 130 cm³/mol. The van der Waals surface area contributed by atoms with Crippen molar-refractivity contribution in [2.45, 2.75) is 39.4 Å². The van der Waals surface area contributed by atoms with Crippen LogP contribution in [0.3, 0.4) is 0 Å². The van der Waals surface area contributed by atoms with Crippen molar-refractivity contribution < 1.29 is 9.47 Å². The van der Waals surface area contributed by atoms with E-state index in [0.717, 1.165) is 22.4 Å². The highest BCUT2D eigenvalue weighted by molar-refractivity contribution is 5.61. The lowest BCUT2D eigenvalue weighted by Crippen LogP contribution is -2.10. The summed E-state index contributed by atoms with van der Waals surface area (Å²) in [5, 5.41) is 0. The van der Waals surface area contributed by atoms with Gasteiger partial charge in [0, 0.05) is 5.56 Å². The first-order chi connectivity index (χ1) is 15.5. The number of rotatable bonds is 7. The molecule has 3 aromatic carbocycles. The number of hydrogen-bond acceptors (Lipinski definition) is 3. The van der Waals surface area contributed by atoms with E-state index >= 15 is 0 Å². The van der Waals surface area contributed by atoms with Gasteiger partial charge in [0.05, 0.1) is 5.69 Å². The second-order valence-corrected chi connectivity index (χ2v) is 8.88. The van der Waals surface area contributed by atoms with Gasteiger partial charge in [-0.05, 0) is 34.2 Å². The van der Waals surface area contributed by atoms with Gasteiger partial charge in [-0.2, -0.15) is 0 Å². The highest BCUT2D eigenvalue weighted by Crippen LogP contribution is 2.31. The third-order valence-electron chi connectivity index (χ3n) is 5.33. The summed E-state index contributed by atoms with van der Waals surface area (Å²) in [6.07, 6.45) is 0. The number of ether oxygens (including phenoxy) is 2. The molecule has 0 N–H and O–H groups in total. The fraction of sp³-hybridized carbons (Fsp3) is 0.207. The van der Waals surface area contributed by atoms with Crippen LogP contribution in [0.5, 0.6) is 11.6 Å². The van der Waals surface area contributed by atoms with E-state index in [1.807, 2.05) is 72.8 Å². The molecule has 0 aliphatic carbocycles. The summed E-state index contributed by atoms with van der Waals surface area (Å²) in [4.78, 5) is 4.81. The third-order valence-corrected chi connectivity index (χ3v) is 5.33. The van der Waals surface area contributed by atoms with Gasteiger partial charge in [0.2, 0.25) is 0 Å². The van der Waals surface area contributed by atoms with Crippen molar-refractivity contribution in [2.75, 3.05) is 0 Å². The highest BCUT2D eigenvalue weighted by atomic mass is 16.5. The Morgan fingerprint density at radius 1 is 0.625 bits per heavy atom. The van der Waals surface area contributed by atoms with E-state index in [2.05, 4.69) is 45.0 Å². The number of benzene rings is 3. The molecular weight excluding hydrogens is 394 g/mol. The lowest BCUT2D eigenvalue weighted by Gasteiger charge is -2.19. The second-order valence-electron chi connectivity index (χ2n) is 8.88. The molecule has 4 aromatic rings. The largest absolute Gasteiger partial charge is 0.483 e. The molecule has 1 heterocycles. The van der Waals surface area contributed by atoms with Crippen LogP contribution in [-0.4, -0.2) is 4.98 Å². The zero-order valence-corrected chi connectivity index (χ0v) is 18.9. The SMILES string of the molecule is CC(C)(C)c1ccc(-c2ccc(OCc3ccccc3)c(OCc3ccccc3)n2)cc1. The molecule has 0 saturated heterocycles. The minimum Gasteiger partial charge on any atom is -0.483 e. The molecule has 0 radical (unpaired) electrons. The van der Waals surface area contributed by atoms with Crippen LogP contribution < -0.4 is 9.47 Å². The van der Waals surface area contributed by atoms with Crippen molar-refractivity contribution in [1.82, 2.24) is 4.98 Å². The van der Waals surface area contributed by atoms with Crippen LogP contribution in [0.1, 0.15) is 37.5 Å². The summed E-state index contributed by atoms with van der Waals surface area (Å²) in [5.41, 5.74) is 5.51. The smallest absolute Gasteiger partial charge is 0.257 e. The van der Waals surface area contributed by atoms with Crippen LogP contribution >= 0.6 is 0 Å². The van der Waals surface area contributed by atoms with Gasteiger partial charge in [-0.3, -0.25) is 0 Å². The Morgan fingerprint density at radius 2 is 1.19 bits per heavy atom. The van der Waals surface area contributed by atoms with Crippen molar-refractivity contribution >= 4 is 0 Å². The van der Waals surface area contributed by atoms with E-state index in [0.29, 0.717) is 24.8 Å². The molecular formula is C29H29NO2. The van der Waals surface area contributed by atoms with Crippen molar-refractivity contribution in [3.8, 4) is 22.9 Å². The minimum absolute atomic E-state index is 0.116. The summed E-state index contributed by atoms with van der Waals surface area (Å²) in [5.74, 6) is 1.14. The van der Waals surface area contributed by atoms with Gasteiger partial charge < -0.3 is 9.47 Å². The monoisotopic (exact) mass is 423 g/mol. The van der Waals surface area contributed by atoms with Crippen LogP contribution in [-0.2, 0) is 18.6 Å². The Balaban J connectivity index is 1.59. The first-order valence-electron chi connectivity index (χ1n) is 10.9. The van der Waals surface area contributed by atoms with Crippen LogP contribution in [0.25, 0.3) is 11.3 Å². The fourth-order valence-corrected chi connectivity index (χ4v) is 3.40. The Kier molecular flexibility index (Phi) is 6.55. The summed E-state index contributed by atoms with van der Waals surface area (Å²) in [6.45, 7) is 7.55. The van der Waals surface area contributed by atoms with Gasteiger partial charge in [0.25, 0.3) is 5.88 Å². The maximum absolute atomic E-state index is 6.12. The van der Waals surface area contributed by atoms with Crippen molar-refractivity contribution in [2.24, 2.45) is 0 Å². The molecule has 1 aromatic heterocycles.